The van der Waals surface area contributed by atoms with Crippen LogP contribution in [0.4, 0.5) is 5.69 Å². The molecule has 0 saturated heterocycles. The fourth-order valence-corrected chi connectivity index (χ4v) is 3.34. The highest BCUT2D eigenvalue weighted by molar-refractivity contribution is 6.08. The third kappa shape index (κ3) is 1.93. The van der Waals surface area contributed by atoms with E-state index < -0.39 is 0 Å². The Morgan fingerprint density at radius 3 is 2.57 bits per heavy atom. The third-order valence-corrected chi connectivity index (χ3v) is 4.65. The minimum atomic E-state index is -0.0869. The molecule has 0 N–H and O–H groups in total. The number of fused-ring (bicyclic) bond motifs is 2. The molecule has 0 atom stereocenters. The van der Waals surface area contributed by atoms with E-state index in [1.807, 2.05) is 29.2 Å². The molecule has 5 nitrogen and oxygen atoms in total. The van der Waals surface area contributed by atoms with E-state index in [0.29, 0.717) is 12.1 Å². The maximum absolute atomic E-state index is 12.9. The Morgan fingerprint density at radius 2 is 1.74 bits per heavy atom. The van der Waals surface area contributed by atoms with Gasteiger partial charge in [-0.05, 0) is 36.2 Å². The van der Waals surface area contributed by atoms with Gasteiger partial charge in [0.2, 0.25) is 0 Å². The molecule has 116 valence electrons. The van der Waals surface area contributed by atoms with Gasteiger partial charge in [-0.3, -0.25) is 13.9 Å². The van der Waals surface area contributed by atoms with Crippen molar-refractivity contribution in [3.05, 3.63) is 64.1 Å². The lowest BCUT2D eigenvalue weighted by molar-refractivity contribution is 0.0989. The number of hydrogen-bond acceptors (Lipinski definition) is 2. The molecular weight excluding hydrogens is 290 g/mol. The number of rotatable bonds is 1. The van der Waals surface area contributed by atoms with Crippen LogP contribution < -0.4 is 10.6 Å². The van der Waals surface area contributed by atoms with Crippen LogP contribution in [0, 0.1) is 0 Å². The van der Waals surface area contributed by atoms with E-state index in [-0.39, 0.29) is 11.6 Å². The molecule has 0 aliphatic carbocycles. The van der Waals surface area contributed by atoms with Crippen LogP contribution in [0.1, 0.15) is 15.9 Å². The molecule has 0 bridgehead atoms. The first-order valence-corrected chi connectivity index (χ1v) is 7.63. The van der Waals surface area contributed by atoms with Gasteiger partial charge in [-0.2, -0.15) is 0 Å². The molecule has 23 heavy (non-hydrogen) atoms. The van der Waals surface area contributed by atoms with Crippen molar-refractivity contribution in [2.24, 2.45) is 14.1 Å². The Morgan fingerprint density at radius 1 is 1.00 bits per heavy atom. The van der Waals surface area contributed by atoms with Crippen molar-refractivity contribution >= 4 is 22.6 Å². The van der Waals surface area contributed by atoms with Gasteiger partial charge < -0.3 is 4.90 Å². The highest BCUT2D eigenvalue weighted by Gasteiger charge is 2.25. The molecule has 1 aliphatic heterocycles. The van der Waals surface area contributed by atoms with E-state index in [4.69, 9.17) is 0 Å². The number of carbonyl (C=O) groups excluding carboxylic acids is 1. The first-order chi connectivity index (χ1) is 11.1. The number of carbonyl (C=O) groups is 1. The van der Waals surface area contributed by atoms with Crippen LogP contribution in [0.5, 0.6) is 0 Å². The van der Waals surface area contributed by atoms with E-state index in [2.05, 4.69) is 6.07 Å². The van der Waals surface area contributed by atoms with Crippen LogP contribution in [0.25, 0.3) is 11.0 Å². The lowest BCUT2D eigenvalue weighted by Crippen LogP contribution is -2.28. The van der Waals surface area contributed by atoms with Crippen molar-refractivity contribution in [2.45, 2.75) is 6.42 Å². The summed E-state index contributed by atoms with van der Waals surface area (Å²) in [6, 6.07) is 13.4. The SMILES string of the molecule is Cn1c(=O)n(C)c2cc(C(=O)N3CCc4ccccc43)ccc21. The van der Waals surface area contributed by atoms with Gasteiger partial charge in [-0.25, -0.2) is 4.79 Å². The molecule has 0 spiro atoms. The number of aromatic nitrogens is 2. The predicted octanol–water partition coefficient (Wildman–Crippen LogP) is 2.08. The predicted molar refractivity (Wildman–Crippen MR) is 90.0 cm³/mol. The number of benzene rings is 2. The van der Waals surface area contributed by atoms with Crippen LogP contribution >= 0.6 is 0 Å². The molecule has 2 heterocycles. The first-order valence-electron chi connectivity index (χ1n) is 7.63. The number of hydrogen-bond donors (Lipinski definition) is 0. The topological polar surface area (TPSA) is 47.2 Å². The molecule has 0 radical (unpaired) electrons. The minimum Gasteiger partial charge on any atom is -0.308 e. The van der Waals surface area contributed by atoms with Gasteiger partial charge >= 0.3 is 5.69 Å². The lowest BCUT2D eigenvalue weighted by Gasteiger charge is -2.17. The average Bonchev–Trinajstić information content (AvgIpc) is 3.10. The smallest absolute Gasteiger partial charge is 0.308 e. The van der Waals surface area contributed by atoms with Gasteiger partial charge in [-0.1, -0.05) is 18.2 Å². The Kier molecular flexibility index (Phi) is 2.91. The van der Waals surface area contributed by atoms with Gasteiger partial charge in [0.1, 0.15) is 0 Å². The van der Waals surface area contributed by atoms with Gasteiger partial charge in [0.05, 0.1) is 11.0 Å². The second-order valence-electron chi connectivity index (χ2n) is 5.94. The Hall–Kier alpha value is -2.82. The van der Waals surface area contributed by atoms with Gasteiger partial charge in [0.15, 0.2) is 0 Å². The van der Waals surface area contributed by atoms with Crippen molar-refractivity contribution in [3.8, 4) is 0 Å². The zero-order valence-electron chi connectivity index (χ0n) is 13.1. The number of anilines is 1. The Labute approximate surface area is 133 Å². The lowest BCUT2D eigenvalue weighted by atomic mass is 10.1. The molecule has 5 heteroatoms. The number of para-hydroxylation sites is 1. The molecular formula is C18H17N3O2. The second-order valence-corrected chi connectivity index (χ2v) is 5.94. The van der Waals surface area contributed by atoms with E-state index in [9.17, 15) is 9.59 Å². The molecule has 2 aromatic carbocycles. The summed E-state index contributed by atoms with van der Waals surface area (Å²) in [6.45, 7) is 0.698. The largest absolute Gasteiger partial charge is 0.328 e. The van der Waals surface area contributed by atoms with Crippen LogP contribution in [-0.2, 0) is 20.5 Å². The van der Waals surface area contributed by atoms with Gasteiger partial charge in [-0.15, -0.1) is 0 Å². The third-order valence-electron chi connectivity index (χ3n) is 4.65. The second kappa shape index (κ2) is 4.84. The summed E-state index contributed by atoms with van der Waals surface area (Å²) in [5.74, 6) is -0.0202. The molecule has 1 amide bonds. The highest BCUT2D eigenvalue weighted by atomic mass is 16.2. The minimum absolute atomic E-state index is 0.0202. The van der Waals surface area contributed by atoms with E-state index in [1.165, 1.54) is 5.56 Å². The van der Waals surface area contributed by atoms with Crippen LogP contribution in [0.2, 0.25) is 0 Å². The average molecular weight is 307 g/mol. The maximum Gasteiger partial charge on any atom is 0.328 e. The number of imidazole rings is 1. The molecule has 0 fully saturated rings. The molecule has 4 rings (SSSR count). The van der Waals surface area contributed by atoms with E-state index >= 15 is 0 Å². The van der Waals surface area contributed by atoms with Crippen molar-refractivity contribution in [2.75, 3.05) is 11.4 Å². The van der Waals surface area contributed by atoms with Crippen LogP contribution in [-0.4, -0.2) is 21.6 Å². The summed E-state index contributed by atoms with van der Waals surface area (Å²) in [5, 5.41) is 0. The fourth-order valence-electron chi connectivity index (χ4n) is 3.34. The summed E-state index contributed by atoms with van der Waals surface area (Å²) in [7, 11) is 3.47. The maximum atomic E-state index is 12.9. The van der Waals surface area contributed by atoms with Gasteiger partial charge in [0.25, 0.3) is 5.91 Å². The molecule has 1 aromatic heterocycles. The van der Waals surface area contributed by atoms with Gasteiger partial charge in [0, 0.05) is 31.9 Å². The Bertz CT molecular complexity index is 997. The van der Waals surface area contributed by atoms with Crippen molar-refractivity contribution in [3.63, 3.8) is 0 Å². The van der Waals surface area contributed by atoms with Crippen LogP contribution in [0.15, 0.2) is 47.3 Å². The summed E-state index contributed by atoms with van der Waals surface area (Å²) >= 11 is 0. The molecule has 0 unspecified atom stereocenters. The highest BCUT2D eigenvalue weighted by Crippen LogP contribution is 2.29. The van der Waals surface area contributed by atoms with E-state index in [1.54, 1.807) is 35.4 Å². The van der Waals surface area contributed by atoms with Crippen molar-refractivity contribution in [1.29, 1.82) is 0 Å². The van der Waals surface area contributed by atoms with E-state index in [0.717, 1.165) is 23.1 Å². The zero-order valence-corrected chi connectivity index (χ0v) is 13.1. The summed E-state index contributed by atoms with van der Waals surface area (Å²) in [4.78, 5) is 26.7. The number of nitrogens with zero attached hydrogens (tertiary/aromatic N) is 3. The normalized spacial score (nSPS) is 13.6. The summed E-state index contributed by atoms with van der Waals surface area (Å²) in [5.41, 5.74) is 4.31. The fraction of sp³-hybridized carbons (Fsp3) is 0.222. The first kappa shape index (κ1) is 13.8. The summed E-state index contributed by atoms with van der Waals surface area (Å²) < 4.78 is 3.17. The van der Waals surface area contributed by atoms with Crippen LogP contribution in [0.3, 0.4) is 0 Å². The number of aryl methyl sites for hydroxylation is 2. The molecule has 0 saturated carbocycles. The standard InChI is InChI=1S/C18H17N3O2/c1-19-15-8-7-13(11-16(15)20(2)18(19)23)17(22)21-10-9-12-5-3-4-6-14(12)21/h3-8,11H,9-10H2,1-2H3. The molecule has 1 aliphatic rings. The molecule has 3 aromatic rings. The van der Waals surface area contributed by atoms with Crippen molar-refractivity contribution in [1.82, 2.24) is 9.13 Å². The zero-order chi connectivity index (χ0) is 16.1. The van der Waals surface area contributed by atoms with Crippen molar-refractivity contribution < 1.29 is 4.79 Å². The summed E-state index contributed by atoms with van der Waals surface area (Å²) in [6.07, 6.45) is 0.883. The monoisotopic (exact) mass is 307 g/mol. The number of amides is 1. The quantitative estimate of drug-likeness (QED) is 0.691. The Balaban J connectivity index is 1.80.